The van der Waals surface area contributed by atoms with Crippen molar-refractivity contribution in [1.82, 2.24) is 4.98 Å². The lowest BCUT2D eigenvalue weighted by molar-refractivity contribution is 0.462. The van der Waals surface area contributed by atoms with Gasteiger partial charge in [0.1, 0.15) is 5.75 Å². The van der Waals surface area contributed by atoms with Crippen LogP contribution >= 0.6 is 27.5 Å². The predicted molar refractivity (Wildman–Crippen MR) is 80.8 cm³/mol. The summed E-state index contributed by atoms with van der Waals surface area (Å²) in [6.07, 6.45) is 2.56. The summed E-state index contributed by atoms with van der Waals surface area (Å²) in [7, 11) is 0. The van der Waals surface area contributed by atoms with Crippen LogP contribution in [0.5, 0.6) is 11.6 Å². The minimum atomic E-state index is 0.119. The number of nitrogens with two attached hydrogens (primary N) is 1. The number of halogens is 2. The molecule has 0 aliphatic heterocycles. The molecule has 1 aromatic heterocycles. The van der Waals surface area contributed by atoms with Gasteiger partial charge in [0, 0.05) is 22.8 Å². The van der Waals surface area contributed by atoms with Gasteiger partial charge < -0.3 is 10.5 Å². The Morgan fingerprint density at radius 1 is 1.37 bits per heavy atom. The number of nitrogens with zero attached hydrogens (tertiary/aromatic N) is 1. The van der Waals surface area contributed by atoms with Crippen LogP contribution in [0.1, 0.15) is 12.5 Å². The largest absolute Gasteiger partial charge is 0.437 e. The van der Waals surface area contributed by atoms with Crippen LogP contribution in [0, 0.1) is 0 Å². The second kappa shape index (κ2) is 6.37. The molecule has 0 aliphatic carbocycles. The van der Waals surface area contributed by atoms with Crippen LogP contribution in [-0.4, -0.2) is 11.0 Å². The highest BCUT2D eigenvalue weighted by atomic mass is 79.9. The Balaban J connectivity index is 2.13. The molecule has 2 rings (SSSR count). The third-order valence-electron chi connectivity index (χ3n) is 2.46. The maximum atomic E-state index is 6.06. The first-order valence-electron chi connectivity index (χ1n) is 5.88. The lowest BCUT2D eigenvalue weighted by atomic mass is 10.1. The first-order chi connectivity index (χ1) is 9.04. The third-order valence-corrected chi connectivity index (χ3v) is 3.27. The van der Waals surface area contributed by atoms with Crippen molar-refractivity contribution in [3.63, 3.8) is 0 Å². The number of pyridine rings is 1. The van der Waals surface area contributed by atoms with Crippen molar-refractivity contribution in [2.45, 2.75) is 19.4 Å². The van der Waals surface area contributed by atoms with E-state index in [2.05, 4.69) is 20.9 Å². The van der Waals surface area contributed by atoms with Crippen molar-refractivity contribution in [1.29, 1.82) is 0 Å². The molecule has 100 valence electrons. The van der Waals surface area contributed by atoms with E-state index in [-0.39, 0.29) is 6.04 Å². The van der Waals surface area contributed by atoms with Crippen LogP contribution in [0.25, 0.3) is 0 Å². The van der Waals surface area contributed by atoms with E-state index >= 15 is 0 Å². The van der Waals surface area contributed by atoms with E-state index in [0.717, 1.165) is 16.5 Å². The summed E-state index contributed by atoms with van der Waals surface area (Å²) in [6.45, 7) is 1.96. The smallest absolute Gasteiger partial charge is 0.219 e. The molecular formula is C14H14BrClN2O. The molecule has 0 saturated carbocycles. The lowest BCUT2D eigenvalue weighted by Crippen LogP contribution is -2.17. The molecule has 0 radical (unpaired) electrons. The molecule has 0 fully saturated rings. The summed E-state index contributed by atoms with van der Waals surface area (Å²) in [4.78, 5) is 4.25. The van der Waals surface area contributed by atoms with Crippen LogP contribution in [0.15, 0.2) is 41.0 Å². The molecule has 0 aliphatic rings. The van der Waals surface area contributed by atoms with E-state index in [1.807, 2.05) is 25.1 Å². The van der Waals surface area contributed by atoms with Crippen molar-refractivity contribution in [2.24, 2.45) is 5.73 Å². The highest BCUT2D eigenvalue weighted by molar-refractivity contribution is 9.10. The molecule has 2 aromatic rings. The Bertz CT molecular complexity index is 558. The summed E-state index contributed by atoms with van der Waals surface area (Å²) in [5.41, 5.74) is 6.83. The number of aromatic nitrogens is 1. The van der Waals surface area contributed by atoms with E-state index in [4.69, 9.17) is 22.1 Å². The Kier molecular flexibility index (Phi) is 4.80. The zero-order valence-corrected chi connectivity index (χ0v) is 12.8. The first-order valence-corrected chi connectivity index (χ1v) is 7.05. The number of benzene rings is 1. The van der Waals surface area contributed by atoms with E-state index in [1.165, 1.54) is 0 Å². The maximum absolute atomic E-state index is 6.06. The summed E-state index contributed by atoms with van der Waals surface area (Å²) in [6, 6.07) is 9.32. The fourth-order valence-corrected chi connectivity index (χ4v) is 2.13. The molecule has 1 heterocycles. The maximum Gasteiger partial charge on any atom is 0.219 e. The minimum absolute atomic E-state index is 0.119. The average Bonchev–Trinajstić information content (AvgIpc) is 2.35. The Morgan fingerprint density at radius 2 is 2.16 bits per heavy atom. The monoisotopic (exact) mass is 340 g/mol. The van der Waals surface area contributed by atoms with Gasteiger partial charge in [-0.05, 0) is 37.1 Å². The second-order valence-electron chi connectivity index (χ2n) is 4.36. The molecule has 3 nitrogen and oxygen atoms in total. The van der Waals surface area contributed by atoms with Gasteiger partial charge in [-0.3, -0.25) is 0 Å². The zero-order chi connectivity index (χ0) is 13.8. The molecule has 5 heteroatoms. The fraction of sp³-hybridized carbons (Fsp3) is 0.214. The van der Waals surface area contributed by atoms with Gasteiger partial charge in [0.15, 0.2) is 0 Å². The molecule has 1 aromatic carbocycles. The molecule has 0 amide bonds. The van der Waals surface area contributed by atoms with Crippen LogP contribution in [0.3, 0.4) is 0 Å². The van der Waals surface area contributed by atoms with Gasteiger partial charge in [-0.1, -0.05) is 33.6 Å². The second-order valence-corrected chi connectivity index (χ2v) is 5.69. The summed E-state index contributed by atoms with van der Waals surface area (Å²) >= 11 is 9.43. The van der Waals surface area contributed by atoms with E-state index < -0.39 is 0 Å². The SMILES string of the molecule is CC(N)Cc1ccc(Oc2cc(Br)ccc2Cl)nc1. The van der Waals surface area contributed by atoms with Crippen molar-refractivity contribution >= 4 is 27.5 Å². The van der Waals surface area contributed by atoms with Crippen molar-refractivity contribution in [2.75, 3.05) is 0 Å². The third kappa shape index (κ3) is 4.20. The zero-order valence-electron chi connectivity index (χ0n) is 10.4. The molecular weight excluding hydrogens is 328 g/mol. The molecule has 1 unspecified atom stereocenters. The van der Waals surface area contributed by atoms with Gasteiger partial charge in [-0.15, -0.1) is 0 Å². The topological polar surface area (TPSA) is 48.1 Å². The Hall–Kier alpha value is -1.10. The minimum Gasteiger partial charge on any atom is -0.437 e. The van der Waals surface area contributed by atoms with Gasteiger partial charge >= 0.3 is 0 Å². The molecule has 0 saturated heterocycles. The van der Waals surface area contributed by atoms with Crippen molar-refractivity contribution in [3.8, 4) is 11.6 Å². The average molecular weight is 342 g/mol. The van der Waals surface area contributed by atoms with E-state index in [1.54, 1.807) is 18.3 Å². The molecule has 1 atom stereocenters. The van der Waals surface area contributed by atoms with Gasteiger partial charge in [0.05, 0.1) is 5.02 Å². The Labute approximate surface area is 125 Å². The van der Waals surface area contributed by atoms with Gasteiger partial charge in [0.2, 0.25) is 5.88 Å². The molecule has 19 heavy (non-hydrogen) atoms. The lowest BCUT2D eigenvalue weighted by Gasteiger charge is -2.08. The first kappa shape index (κ1) is 14.3. The van der Waals surface area contributed by atoms with Gasteiger partial charge in [0.25, 0.3) is 0 Å². The van der Waals surface area contributed by atoms with Crippen LogP contribution in [0.2, 0.25) is 5.02 Å². The number of rotatable bonds is 4. The summed E-state index contributed by atoms with van der Waals surface area (Å²) in [5, 5.41) is 0.546. The van der Waals surface area contributed by atoms with Gasteiger partial charge in [-0.2, -0.15) is 0 Å². The fourth-order valence-electron chi connectivity index (χ4n) is 1.63. The van der Waals surface area contributed by atoms with Crippen LogP contribution < -0.4 is 10.5 Å². The quantitative estimate of drug-likeness (QED) is 0.907. The van der Waals surface area contributed by atoms with Gasteiger partial charge in [-0.25, -0.2) is 4.98 Å². The van der Waals surface area contributed by atoms with E-state index in [9.17, 15) is 0 Å². The summed E-state index contributed by atoms with van der Waals surface area (Å²) in [5.74, 6) is 1.08. The molecule has 2 N–H and O–H groups in total. The number of hydrogen-bond acceptors (Lipinski definition) is 3. The normalized spacial score (nSPS) is 12.2. The summed E-state index contributed by atoms with van der Waals surface area (Å²) < 4.78 is 6.55. The number of hydrogen-bond donors (Lipinski definition) is 1. The van der Waals surface area contributed by atoms with E-state index in [0.29, 0.717) is 16.7 Å². The predicted octanol–water partition coefficient (Wildman–Crippen LogP) is 4.18. The van der Waals surface area contributed by atoms with Crippen LogP contribution in [0.4, 0.5) is 0 Å². The standard InChI is InChI=1S/C14H14BrClN2O/c1-9(17)6-10-2-5-14(18-8-10)19-13-7-11(15)3-4-12(13)16/h2-5,7-9H,6,17H2,1H3. The van der Waals surface area contributed by atoms with Crippen molar-refractivity contribution < 1.29 is 4.74 Å². The molecule has 0 bridgehead atoms. The highest BCUT2D eigenvalue weighted by Gasteiger charge is 2.05. The van der Waals surface area contributed by atoms with Crippen molar-refractivity contribution in [3.05, 3.63) is 51.6 Å². The Morgan fingerprint density at radius 3 is 2.79 bits per heavy atom. The molecule has 0 spiro atoms. The number of ether oxygens (including phenoxy) is 1. The van der Waals surface area contributed by atoms with Crippen LogP contribution in [-0.2, 0) is 6.42 Å². The highest BCUT2D eigenvalue weighted by Crippen LogP contribution is 2.31.